The summed E-state index contributed by atoms with van der Waals surface area (Å²) in [6, 6.07) is 8.95. The van der Waals surface area contributed by atoms with Gasteiger partial charge in [0.15, 0.2) is 0 Å². The number of alkyl halides is 3. The van der Waals surface area contributed by atoms with Crippen molar-refractivity contribution in [2.45, 2.75) is 56.4 Å². The number of hydrogen-bond donors (Lipinski definition) is 2. The number of sulfonamides is 1. The topological polar surface area (TPSA) is 122 Å². The van der Waals surface area contributed by atoms with Crippen LogP contribution in [0.15, 0.2) is 53.4 Å². The van der Waals surface area contributed by atoms with Crippen molar-refractivity contribution in [1.29, 1.82) is 0 Å². The number of amides is 3. The fourth-order valence-corrected chi connectivity index (χ4v) is 5.68. The third kappa shape index (κ3) is 7.13. The number of rotatable bonds is 8. The van der Waals surface area contributed by atoms with E-state index in [4.69, 9.17) is 10.5 Å². The second-order valence-electron chi connectivity index (χ2n) is 8.91. The number of carbonyl (C=O) groups is 2. The molecule has 0 spiro atoms. The van der Waals surface area contributed by atoms with Gasteiger partial charge in [0.2, 0.25) is 10.0 Å². The number of primary amides is 1. The number of halogens is 3. The van der Waals surface area contributed by atoms with Gasteiger partial charge < -0.3 is 20.7 Å². The fraction of sp³-hybridized carbons (Fsp3) is 0.417. The van der Waals surface area contributed by atoms with Gasteiger partial charge in [0.25, 0.3) is 0 Å². The smallest absolute Gasteiger partial charge is 0.416 e. The third-order valence-electron chi connectivity index (χ3n) is 5.97. The zero-order valence-corrected chi connectivity index (χ0v) is 21.2. The van der Waals surface area contributed by atoms with E-state index >= 15 is 0 Å². The van der Waals surface area contributed by atoms with Crippen LogP contribution in [0.2, 0.25) is 0 Å². The predicted octanol–water partition coefficient (Wildman–Crippen LogP) is 4.40. The molecular weight excluding hydrogens is 513 g/mol. The minimum Gasteiger partial charge on any atom is -0.448 e. The van der Waals surface area contributed by atoms with E-state index in [9.17, 15) is 31.2 Å². The molecular formula is C24H29F3N4O5S. The van der Waals surface area contributed by atoms with Crippen LogP contribution in [0.5, 0.6) is 0 Å². The Morgan fingerprint density at radius 3 is 2.30 bits per heavy atom. The Morgan fingerprint density at radius 1 is 1.14 bits per heavy atom. The van der Waals surface area contributed by atoms with Crippen LogP contribution in [0.1, 0.15) is 37.8 Å². The third-order valence-corrected chi connectivity index (χ3v) is 7.94. The van der Waals surface area contributed by atoms with Gasteiger partial charge in [-0.1, -0.05) is 12.1 Å². The monoisotopic (exact) mass is 542 g/mol. The summed E-state index contributed by atoms with van der Waals surface area (Å²) in [6.45, 7) is 3.77. The molecule has 1 heterocycles. The number of urea groups is 1. The maximum absolute atomic E-state index is 13.1. The Kier molecular flexibility index (Phi) is 8.69. The molecule has 0 aromatic heterocycles. The Labute approximate surface area is 213 Å². The minimum atomic E-state index is -4.44. The quantitative estimate of drug-likeness (QED) is 0.512. The van der Waals surface area contributed by atoms with Crippen LogP contribution in [0.4, 0.5) is 28.4 Å². The molecule has 1 aliphatic rings. The van der Waals surface area contributed by atoms with Gasteiger partial charge in [-0.05, 0) is 68.7 Å². The highest BCUT2D eigenvalue weighted by Crippen LogP contribution is 2.30. The lowest BCUT2D eigenvalue weighted by Crippen LogP contribution is -2.39. The first-order valence-corrected chi connectivity index (χ1v) is 13.0. The first kappa shape index (κ1) is 28.3. The molecule has 3 N–H and O–H groups in total. The van der Waals surface area contributed by atoms with Crippen LogP contribution >= 0.6 is 0 Å². The van der Waals surface area contributed by atoms with Gasteiger partial charge in [0.05, 0.1) is 16.5 Å². The number of nitrogens with two attached hydrogens (primary N) is 1. The van der Waals surface area contributed by atoms with E-state index in [2.05, 4.69) is 5.32 Å². The second-order valence-corrected chi connectivity index (χ2v) is 10.8. The molecule has 37 heavy (non-hydrogen) atoms. The summed E-state index contributed by atoms with van der Waals surface area (Å²) < 4.78 is 70.7. The SMILES string of the molecule is CC(C)N(Cc1ccc(C(F)(F)F)cc1)C(=O)Nc1ccc(S(=O)(=O)N2CCC[C@@H]2COC(N)=O)cc1. The van der Waals surface area contributed by atoms with Gasteiger partial charge in [-0.2, -0.15) is 17.5 Å². The van der Waals surface area contributed by atoms with Gasteiger partial charge in [0, 0.05) is 24.8 Å². The Morgan fingerprint density at radius 2 is 1.76 bits per heavy atom. The lowest BCUT2D eigenvalue weighted by molar-refractivity contribution is -0.137. The van der Waals surface area contributed by atoms with Crippen LogP contribution in [0, 0.1) is 0 Å². The van der Waals surface area contributed by atoms with Gasteiger partial charge >= 0.3 is 18.3 Å². The molecule has 2 aromatic carbocycles. The number of nitrogens with one attached hydrogen (secondary N) is 1. The molecule has 0 aliphatic carbocycles. The summed E-state index contributed by atoms with van der Waals surface area (Å²) in [5.74, 6) is 0. The van der Waals surface area contributed by atoms with Crippen molar-refractivity contribution in [3.63, 3.8) is 0 Å². The van der Waals surface area contributed by atoms with E-state index in [1.807, 2.05) is 0 Å². The highest BCUT2D eigenvalue weighted by molar-refractivity contribution is 7.89. The number of carbonyl (C=O) groups excluding carboxylic acids is 2. The summed E-state index contributed by atoms with van der Waals surface area (Å²) in [6.07, 6.45) is -4.27. The van der Waals surface area contributed by atoms with E-state index in [0.717, 1.165) is 12.1 Å². The summed E-state index contributed by atoms with van der Waals surface area (Å²) in [7, 11) is -3.87. The summed E-state index contributed by atoms with van der Waals surface area (Å²) in [4.78, 5) is 25.3. The molecule has 0 saturated carbocycles. The van der Waals surface area contributed by atoms with Crippen molar-refractivity contribution in [3.8, 4) is 0 Å². The zero-order valence-electron chi connectivity index (χ0n) is 20.4. The molecule has 0 unspecified atom stereocenters. The maximum atomic E-state index is 13.1. The van der Waals surface area contributed by atoms with Crippen molar-refractivity contribution < 1.29 is 35.9 Å². The van der Waals surface area contributed by atoms with Gasteiger partial charge in [-0.15, -0.1) is 0 Å². The molecule has 202 valence electrons. The van der Waals surface area contributed by atoms with Crippen LogP contribution in [0.25, 0.3) is 0 Å². The minimum absolute atomic E-state index is 0.0157. The Bertz CT molecular complexity index is 1200. The van der Waals surface area contributed by atoms with E-state index in [1.54, 1.807) is 13.8 Å². The highest BCUT2D eigenvalue weighted by atomic mass is 32.2. The first-order valence-electron chi connectivity index (χ1n) is 11.6. The normalized spacial score (nSPS) is 16.5. The van der Waals surface area contributed by atoms with Gasteiger partial charge in [0.1, 0.15) is 6.61 Å². The van der Waals surface area contributed by atoms with Crippen molar-refractivity contribution in [2.24, 2.45) is 5.73 Å². The van der Waals surface area contributed by atoms with Gasteiger partial charge in [-0.3, -0.25) is 0 Å². The molecule has 1 aliphatic heterocycles. The number of anilines is 1. The Balaban J connectivity index is 1.68. The van der Waals surface area contributed by atoms with Crippen LogP contribution in [0.3, 0.4) is 0 Å². The number of ether oxygens (including phenoxy) is 1. The summed E-state index contributed by atoms with van der Waals surface area (Å²) in [5, 5.41) is 2.70. The molecule has 3 rings (SSSR count). The molecule has 3 amide bonds. The molecule has 1 fully saturated rings. The standard InChI is InChI=1S/C24H29F3N4O5S/c1-16(2)30(14-17-5-7-18(8-6-17)24(25,26)27)23(33)29-19-9-11-21(12-10-19)37(34,35)31-13-3-4-20(31)15-36-22(28)32/h5-12,16,20H,3-4,13-15H2,1-2H3,(H2,28,32)(H,29,33)/t20-/m1/s1. The average molecular weight is 543 g/mol. The average Bonchev–Trinajstić information content (AvgIpc) is 3.31. The van der Waals surface area contributed by atoms with E-state index in [-0.39, 0.29) is 30.6 Å². The van der Waals surface area contributed by atoms with Crippen molar-refractivity contribution in [1.82, 2.24) is 9.21 Å². The molecule has 2 aromatic rings. The maximum Gasteiger partial charge on any atom is 0.416 e. The zero-order chi connectivity index (χ0) is 27.4. The molecule has 0 bridgehead atoms. The number of nitrogens with zero attached hydrogens (tertiary/aromatic N) is 2. The summed E-state index contributed by atoms with van der Waals surface area (Å²) in [5.41, 5.74) is 5.09. The van der Waals surface area contributed by atoms with Crippen LogP contribution < -0.4 is 11.1 Å². The number of benzene rings is 2. The Hall–Kier alpha value is -3.32. The molecule has 13 heteroatoms. The lowest BCUT2D eigenvalue weighted by atomic mass is 10.1. The van der Waals surface area contributed by atoms with Crippen molar-refractivity contribution in [2.75, 3.05) is 18.5 Å². The van der Waals surface area contributed by atoms with Crippen molar-refractivity contribution in [3.05, 3.63) is 59.7 Å². The fourth-order valence-electron chi connectivity index (χ4n) is 4.00. The van der Waals surface area contributed by atoms with Crippen LogP contribution in [-0.4, -0.2) is 55.0 Å². The summed E-state index contributed by atoms with van der Waals surface area (Å²) >= 11 is 0. The second kappa shape index (κ2) is 11.4. The lowest BCUT2D eigenvalue weighted by Gasteiger charge is -2.27. The van der Waals surface area contributed by atoms with Crippen LogP contribution in [-0.2, 0) is 27.5 Å². The number of hydrogen-bond acceptors (Lipinski definition) is 5. The largest absolute Gasteiger partial charge is 0.448 e. The van der Waals surface area contributed by atoms with E-state index in [1.165, 1.54) is 45.6 Å². The molecule has 1 atom stereocenters. The highest BCUT2D eigenvalue weighted by Gasteiger charge is 2.36. The molecule has 9 nitrogen and oxygen atoms in total. The predicted molar refractivity (Wildman–Crippen MR) is 130 cm³/mol. The van der Waals surface area contributed by atoms with E-state index in [0.29, 0.717) is 24.1 Å². The molecule has 0 radical (unpaired) electrons. The van der Waals surface area contributed by atoms with Crippen molar-refractivity contribution >= 4 is 27.8 Å². The van der Waals surface area contributed by atoms with E-state index < -0.39 is 39.9 Å². The van der Waals surface area contributed by atoms with Gasteiger partial charge in [-0.25, -0.2) is 18.0 Å². The molecule has 1 saturated heterocycles. The first-order chi connectivity index (χ1) is 17.3.